The Hall–Kier alpha value is -1.75. The first-order chi connectivity index (χ1) is 16.9. The Morgan fingerprint density at radius 1 is 0.390 bits per heavy atom. The molecule has 2 N–H and O–H groups in total. The summed E-state index contributed by atoms with van der Waals surface area (Å²) in [6.07, 6.45) is 0. The molecule has 240 valence electrons. The SMILES string of the molecule is CC(C)(C)C(=O)OC(=O)C(=O)C(C)(C)C.CC(C)(C)C(=O)OC(=O)C(=O)C(C)(C)C.CC(C)(C)O.CC(C)(C)O.[Ti]. The largest absolute Gasteiger partial charge is 0.391 e. The number of esters is 4. The smallest absolute Gasteiger partial charge is 0.382 e. The molecule has 0 saturated heterocycles. The summed E-state index contributed by atoms with van der Waals surface area (Å²) in [5.41, 5.74) is -4.22. The van der Waals surface area contributed by atoms with Gasteiger partial charge in [0.05, 0.1) is 22.0 Å². The fourth-order valence-electron chi connectivity index (χ4n) is 1.18. The minimum Gasteiger partial charge on any atom is -0.391 e. The topological polar surface area (TPSA) is 161 Å². The number of carbonyl (C=O) groups excluding carboxylic acids is 6. The molecule has 0 amide bonds. The molecule has 0 aromatic heterocycles. The van der Waals surface area contributed by atoms with Crippen LogP contribution in [0.5, 0.6) is 0 Å². The van der Waals surface area contributed by atoms with Crippen molar-refractivity contribution in [3.8, 4) is 0 Å². The van der Waals surface area contributed by atoms with Gasteiger partial charge >= 0.3 is 23.9 Å². The van der Waals surface area contributed by atoms with E-state index in [4.69, 9.17) is 10.2 Å². The van der Waals surface area contributed by atoms with E-state index in [1.807, 2.05) is 0 Å². The maximum absolute atomic E-state index is 11.4. The van der Waals surface area contributed by atoms with Crippen LogP contribution in [-0.2, 0) is 60.0 Å². The summed E-state index contributed by atoms with van der Waals surface area (Å²) in [5, 5.41) is 17.0. The number of carbonyl (C=O) groups is 6. The zero-order valence-electron chi connectivity index (χ0n) is 28.7. The van der Waals surface area contributed by atoms with Crippen LogP contribution in [0.4, 0.5) is 0 Å². The molecule has 0 saturated carbocycles. The molecule has 0 fully saturated rings. The van der Waals surface area contributed by atoms with Gasteiger partial charge in [0, 0.05) is 32.5 Å². The summed E-state index contributed by atoms with van der Waals surface area (Å²) in [7, 11) is 0. The predicted molar refractivity (Wildman–Crippen MR) is 154 cm³/mol. The van der Waals surface area contributed by atoms with Crippen molar-refractivity contribution < 1.29 is 70.2 Å². The molecule has 0 heterocycles. The van der Waals surface area contributed by atoms with Gasteiger partial charge < -0.3 is 19.7 Å². The average Bonchev–Trinajstić information content (AvgIpc) is 2.61. The Morgan fingerprint density at radius 2 is 0.537 bits per heavy atom. The standard InChI is InChI=1S/2C11H18O4.2C4H10O.Ti/c2*1-10(2,3)7(12)8(13)15-9(14)11(4,5)6;2*1-4(2,3)5;/h2*1-6H3;2*5H,1-3H3;. The third-order valence-corrected chi connectivity index (χ3v) is 3.33. The normalized spacial score (nSPS) is 11.8. The maximum Gasteiger partial charge on any atom is 0.382 e. The van der Waals surface area contributed by atoms with E-state index in [0.717, 1.165) is 0 Å². The zero-order chi connectivity index (χ0) is 33.9. The molecule has 0 unspecified atom stereocenters. The molecule has 0 radical (unpaired) electrons. The first kappa shape index (κ1) is 49.0. The van der Waals surface area contributed by atoms with Crippen LogP contribution in [-0.4, -0.2) is 56.9 Å². The Morgan fingerprint density at radius 3 is 0.634 bits per heavy atom. The Labute approximate surface area is 262 Å². The predicted octanol–water partition coefficient (Wildman–Crippen LogP) is 4.99. The summed E-state index contributed by atoms with van der Waals surface area (Å²) in [6.45, 7) is 29.7. The van der Waals surface area contributed by atoms with Crippen molar-refractivity contribution in [2.75, 3.05) is 0 Å². The first-order valence-electron chi connectivity index (χ1n) is 13.0. The van der Waals surface area contributed by atoms with E-state index in [-0.39, 0.29) is 21.7 Å². The molecule has 0 aromatic rings. The van der Waals surface area contributed by atoms with Crippen LogP contribution in [0.15, 0.2) is 0 Å². The minimum atomic E-state index is -1.08. The number of ether oxygens (including phenoxy) is 2. The van der Waals surface area contributed by atoms with E-state index in [0.29, 0.717) is 0 Å². The van der Waals surface area contributed by atoms with Gasteiger partial charge in [-0.05, 0) is 83.1 Å². The summed E-state index contributed by atoms with van der Waals surface area (Å²) < 4.78 is 8.95. The van der Waals surface area contributed by atoms with Gasteiger partial charge in [0.1, 0.15) is 0 Å². The monoisotopic (exact) mass is 624 g/mol. The van der Waals surface area contributed by atoms with Gasteiger partial charge in [0.25, 0.3) is 0 Å². The second-order valence-corrected chi connectivity index (χ2v) is 15.4. The average molecular weight is 625 g/mol. The van der Waals surface area contributed by atoms with Crippen molar-refractivity contribution in [3.05, 3.63) is 0 Å². The molecule has 0 rings (SSSR count). The van der Waals surface area contributed by atoms with E-state index in [1.165, 1.54) is 0 Å². The molecule has 0 atom stereocenters. The number of Topliss-reactive ketones (excluding diaryl/α,β-unsaturated/α-hetero) is 2. The van der Waals surface area contributed by atoms with Crippen molar-refractivity contribution in [1.29, 1.82) is 0 Å². The van der Waals surface area contributed by atoms with Gasteiger partial charge in [0.2, 0.25) is 11.6 Å². The first-order valence-corrected chi connectivity index (χ1v) is 13.0. The van der Waals surface area contributed by atoms with Crippen LogP contribution in [0.1, 0.15) is 125 Å². The summed E-state index contributed by atoms with van der Waals surface area (Å²) in [5.74, 6) is -4.93. The van der Waals surface area contributed by atoms with Gasteiger partial charge in [-0.2, -0.15) is 0 Å². The van der Waals surface area contributed by atoms with Crippen LogP contribution in [0, 0.1) is 21.7 Å². The number of aliphatic hydroxyl groups is 2. The minimum absolute atomic E-state index is 0. The van der Waals surface area contributed by atoms with Crippen LogP contribution < -0.4 is 0 Å². The molecule has 11 heteroatoms. The number of hydrogen-bond donors (Lipinski definition) is 2. The second kappa shape index (κ2) is 18.0. The van der Waals surface area contributed by atoms with Gasteiger partial charge in [0.15, 0.2) is 0 Å². The number of ketones is 2. The molecule has 0 aromatic carbocycles. The van der Waals surface area contributed by atoms with E-state index in [2.05, 4.69) is 9.47 Å². The molecule has 0 aliphatic rings. The molecule has 0 aliphatic heterocycles. The van der Waals surface area contributed by atoms with Crippen LogP contribution in [0.25, 0.3) is 0 Å². The number of rotatable bonds is 2. The van der Waals surface area contributed by atoms with Crippen molar-refractivity contribution in [2.45, 2.75) is 136 Å². The summed E-state index contributed by atoms with van der Waals surface area (Å²) in [4.78, 5) is 67.9. The van der Waals surface area contributed by atoms with E-state index < -0.39 is 68.3 Å². The van der Waals surface area contributed by atoms with Crippen molar-refractivity contribution in [3.63, 3.8) is 0 Å². The quantitative estimate of drug-likeness (QED) is 0.185. The molecule has 41 heavy (non-hydrogen) atoms. The fourth-order valence-corrected chi connectivity index (χ4v) is 1.18. The van der Waals surface area contributed by atoms with Crippen LogP contribution in [0.2, 0.25) is 0 Å². The van der Waals surface area contributed by atoms with Gasteiger partial charge in [-0.3, -0.25) is 19.2 Å². The Bertz CT molecular complexity index is 791. The Kier molecular flexibility index (Phi) is 21.5. The fraction of sp³-hybridized carbons (Fsp3) is 0.800. The van der Waals surface area contributed by atoms with E-state index in [1.54, 1.807) is 125 Å². The third kappa shape index (κ3) is 34.4. The number of hydrogen-bond acceptors (Lipinski definition) is 10. The molecular weight excluding hydrogens is 568 g/mol. The van der Waals surface area contributed by atoms with Crippen molar-refractivity contribution in [2.24, 2.45) is 21.7 Å². The van der Waals surface area contributed by atoms with Gasteiger partial charge in [-0.15, -0.1) is 0 Å². The van der Waals surface area contributed by atoms with Gasteiger partial charge in [-0.1, -0.05) is 41.5 Å². The molecule has 10 nitrogen and oxygen atoms in total. The summed E-state index contributed by atoms with van der Waals surface area (Å²) in [6, 6.07) is 0. The second-order valence-electron chi connectivity index (χ2n) is 15.4. The molecule has 0 spiro atoms. The maximum atomic E-state index is 11.4. The van der Waals surface area contributed by atoms with Crippen LogP contribution >= 0.6 is 0 Å². The zero-order valence-corrected chi connectivity index (χ0v) is 30.2. The van der Waals surface area contributed by atoms with Crippen molar-refractivity contribution >= 4 is 35.4 Å². The van der Waals surface area contributed by atoms with E-state index >= 15 is 0 Å². The molecule has 0 aliphatic carbocycles. The molecular formula is C30H56O10Ti. The summed E-state index contributed by atoms with van der Waals surface area (Å²) >= 11 is 0. The molecule has 0 bridgehead atoms. The van der Waals surface area contributed by atoms with Crippen LogP contribution in [0.3, 0.4) is 0 Å². The van der Waals surface area contributed by atoms with E-state index in [9.17, 15) is 28.8 Å². The van der Waals surface area contributed by atoms with Gasteiger partial charge in [-0.25, -0.2) is 9.59 Å². The van der Waals surface area contributed by atoms with Crippen molar-refractivity contribution in [1.82, 2.24) is 0 Å². The third-order valence-electron chi connectivity index (χ3n) is 3.33. The Balaban J connectivity index is -0.000000156.